The number of nitrogens with zero attached hydrogens (tertiary/aromatic N) is 1. The van der Waals surface area contributed by atoms with E-state index in [2.05, 4.69) is 0 Å². The predicted molar refractivity (Wildman–Crippen MR) is 90.3 cm³/mol. The van der Waals surface area contributed by atoms with Gasteiger partial charge in [0.2, 0.25) is 5.91 Å². The molecule has 0 spiro atoms. The SMILES string of the molecule is CSc1ccc(COC(=O)[C@@H]2CC(=O)N(Cc3ccco3)C2)cc1. The third-order valence-electron chi connectivity index (χ3n) is 4.01. The molecule has 1 aliphatic rings. The predicted octanol–water partition coefficient (Wildman–Crippen LogP) is 3.09. The Morgan fingerprint density at radius 2 is 2.12 bits per heavy atom. The zero-order valence-electron chi connectivity index (χ0n) is 13.4. The number of benzene rings is 1. The number of thioether (sulfide) groups is 1. The van der Waals surface area contributed by atoms with Gasteiger partial charge in [-0.15, -0.1) is 11.8 Å². The monoisotopic (exact) mass is 345 g/mol. The minimum atomic E-state index is -0.405. The minimum absolute atomic E-state index is 0.0438. The lowest BCUT2D eigenvalue weighted by molar-refractivity contribution is -0.149. The summed E-state index contributed by atoms with van der Waals surface area (Å²) in [4.78, 5) is 27.0. The molecule has 1 amide bonds. The molecular weight excluding hydrogens is 326 g/mol. The van der Waals surface area contributed by atoms with Gasteiger partial charge in [-0.05, 0) is 36.1 Å². The van der Waals surface area contributed by atoms with E-state index in [1.54, 1.807) is 29.0 Å². The Hall–Kier alpha value is -2.21. The van der Waals surface area contributed by atoms with Crippen molar-refractivity contribution in [2.24, 2.45) is 5.92 Å². The lowest BCUT2D eigenvalue weighted by Crippen LogP contribution is -2.26. The first-order chi connectivity index (χ1) is 11.7. The second kappa shape index (κ2) is 7.57. The maximum atomic E-state index is 12.2. The van der Waals surface area contributed by atoms with Crippen molar-refractivity contribution in [3.63, 3.8) is 0 Å². The molecule has 24 heavy (non-hydrogen) atoms. The van der Waals surface area contributed by atoms with Crippen LogP contribution in [0, 0.1) is 5.92 Å². The van der Waals surface area contributed by atoms with E-state index in [9.17, 15) is 9.59 Å². The van der Waals surface area contributed by atoms with E-state index in [4.69, 9.17) is 9.15 Å². The quantitative estimate of drug-likeness (QED) is 0.595. The third-order valence-corrected chi connectivity index (χ3v) is 4.76. The van der Waals surface area contributed by atoms with Crippen LogP contribution in [0.25, 0.3) is 0 Å². The number of esters is 1. The van der Waals surface area contributed by atoms with Gasteiger partial charge >= 0.3 is 5.97 Å². The van der Waals surface area contributed by atoms with Crippen LogP contribution in [0.3, 0.4) is 0 Å². The molecule has 1 atom stereocenters. The van der Waals surface area contributed by atoms with Gasteiger partial charge in [-0.25, -0.2) is 0 Å². The first kappa shape index (κ1) is 16.6. The number of hydrogen-bond donors (Lipinski definition) is 0. The highest BCUT2D eigenvalue weighted by atomic mass is 32.2. The number of hydrogen-bond acceptors (Lipinski definition) is 5. The summed E-state index contributed by atoms with van der Waals surface area (Å²) >= 11 is 1.67. The van der Waals surface area contributed by atoms with Crippen molar-refractivity contribution < 1.29 is 18.7 Å². The molecule has 1 aliphatic heterocycles. The molecule has 2 heterocycles. The largest absolute Gasteiger partial charge is 0.467 e. The highest BCUT2D eigenvalue weighted by molar-refractivity contribution is 7.98. The number of amides is 1. The minimum Gasteiger partial charge on any atom is -0.467 e. The molecule has 0 aliphatic carbocycles. The van der Waals surface area contributed by atoms with Gasteiger partial charge in [-0.3, -0.25) is 9.59 Å². The number of ether oxygens (including phenoxy) is 1. The Bertz CT molecular complexity index is 696. The maximum Gasteiger partial charge on any atom is 0.311 e. The Kier molecular flexibility index (Phi) is 5.25. The van der Waals surface area contributed by atoms with Crippen molar-refractivity contribution in [1.29, 1.82) is 0 Å². The van der Waals surface area contributed by atoms with E-state index < -0.39 is 5.92 Å². The van der Waals surface area contributed by atoms with Gasteiger partial charge in [-0.1, -0.05) is 12.1 Å². The van der Waals surface area contributed by atoms with Crippen LogP contribution in [0.1, 0.15) is 17.7 Å². The molecule has 5 nitrogen and oxygen atoms in total. The van der Waals surface area contributed by atoms with Gasteiger partial charge in [0.05, 0.1) is 18.7 Å². The van der Waals surface area contributed by atoms with Crippen molar-refractivity contribution in [2.75, 3.05) is 12.8 Å². The summed E-state index contributed by atoms with van der Waals surface area (Å²) in [5, 5.41) is 0. The number of carbonyl (C=O) groups is 2. The van der Waals surface area contributed by atoms with Crippen LogP contribution in [0.15, 0.2) is 52.0 Å². The number of carbonyl (C=O) groups excluding carboxylic acids is 2. The fourth-order valence-electron chi connectivity index (χ4n) is 2.67. The average Bonchev–Trinajstić information content (AvgIpc) is 3.24. The fourth-order valence-corrected chi connectivity index (χ4v) is 3.08. The Morgan fingerprint density at radius 3 is 2.79 bits per heavy atom. The lowest BCUT2D eigenvalue weighted by Gasteiger charge is -2.14. The van der Waals surface area contributed by atoms with Crippen molar-refractivity contribution in [1.82, 2.24) is 4.90 Å². The van der Waals surface area contributed by atoms with Crippen LogP contribution >= 0.6 is 11.8 Å². The topological polar surface area (TPSA) is 59.8 Å². The molecule has 0 unspecified atom stereocenters. The molecule has 3 rings (SSSR count). The summed E-state index contributed by atoms with van der Waals surface area (Å²) in [5.41, 5.74) is 0.943. The molecule has 0 bridgehead atoms. The Balaban J connectivity index is 1.51. The van der Waals surface area contributed by atoms with E-state index in [0.29, 0.717) is 18.8 Å². The molecule has 1 saturated heterocycles. The number of likely N-dealkylation sites (tertiary alicyclic amines) is 1. The molecule has 0 radical (unpaired) electrons. The smallest absolute Gasteiger partial charge is 0.311 e. The van der Waals surface area contributed by atoms with Gasteiger partial charge in [0.15, 0.2) is 0 Å². The second-order valence-corrected chi connectivity index (χ2v) is 6.59. The highest BCUT2D eigenvalue weighted by Crippen LogP contribution is 2.22. The average molecular weight is 345 g/mol. The first-order valence-corrected chi connectivity index (χ1v) is 8.98. The number of rotatable bonds is 6. The van der Waals surface area contributed by atoms with E-state index >= 15 is 0 Å². The molecular formula is C18H19NO4S. The second-order valence-electron chi connectivity index (χ2n) is 5.71. The van der Waals surface area contributed by atoms with Gasteiger partial charge in [0, 0.05) is 17.9 Å². The van der Waals surface area contributed by atoms with E-state index in [0.717, 1.165) is 5.56 Å². The van der Waals surface area contributed by atoms with Crippen molar-refractivity contribution in [3.8, 4) is 0 Å². The summed E-state index contributed by atoms with van der Waals surface area (Å²) in [5.74, 6) is -0.0545. The molecule has 2 aromatic rings. The van der Waals surface area contributed by atoms with Crippen molar-refractivity contribution >= 4 is 23.6 Å². The van der Waals surface area contributed by atoms with Gasteiger partial charge in [0.1, 0.15) is 12.4 Å². The molecule has 6 heteroatoms. The zero-order chi connectivity index (χ0) is 16.9. The highest BCUT2D eigenvalue weighted by Gasteiger charge is 2.35. The summed E-state index contributed by atoms with van der Waals surface area (Å²) in [7, 11) is 0. The van der Waals surface area contributed by atoms with E-state index in [1.807, 2.05) is 36.6 Å². The van der Waals surface area contributed by atoms with Crippen LogP contribution < -0.4 is 0 Å². The maximum absolute atomic E-state index is 12.2. The van der Waals surface area contributed by atoms with Crippen molar-refractivity contribution in [2.45, 2.75) is 24.5 Å². The first-order valence-electron chi connectivity index (χ1n) is 7.75. The van der Waals surface area contributed by atoms with Crippen LogP contribution in [0.5, 0.6) is 0 Å². The molecule has 1 aromatic heterocycles. The third kappa shape index (κ3) is 4.00. The molecule has 126 valence electrons. The summed E-state index contributed by atoms with van der Waals surface area (Å²) in [6.45, 7) is 1.01. The molecule has 1 fully saturated rings. The van der Waals surface area contributed by atoms with E-state index in [1.165, 1.54) is 4.90 Å². The Labute approximate surface area is 145 Å². The molecule has 1 aromatic carbocycles. The van der Waals surface area contributed by atoms with E-state index in [-0.39, 0.29) is 24.9 Å². The van der Waals surface area contributed by atoms with Crippen LogP contribution in [0.4, 0.5) is 0 Å². The van der Waals surface area contributed by atoms with Crippen LogP contribution in [-0.4, -0.2) is 29.6 Å². The lowest BCUT2D eigenvalue weighted by atomic mass is 10.1. The molecule has 0 N–H and O–H groups in total. The summed E-state index contributed by atoms with van der Waals surface area (Å²) in [6.07, 6.45) is 3.79. The van der Waals surface area contributed by atoms with Gasteiger partial charge in [0.25, 0.3) is 0 Å². The molecule has 0 saturated carbocycles. The summed E-state index contributed by atoms with van der Waals surface area (Å²) < 4.78 is 10.6. The van der Waals surface area contributed by atoms with Crippen LogP contribution in [-0.2, 0) is 27.5 Å². The van der Waals surface area contributed by atoms with Crippen molar-refractivity contribution in [3.05, 3.63) is 54.0 Å². The Morgan fingerprint density at radius 1 is 1.33 bits per heavy atom. The summed E-state index contributed by atoms with van der Waals surface area (Å²) in [6, 6.07) is 11.5. The van der Waals surface area contributed by atoms with Gasteiger partial charge < -0.3 is 14.1 Å². The zero-order valence-corrected chi connectivity index (χ0v) is 14.3. The van der Waals surface area contributed by atoms with Crippen LogP contribution in [0.2, 0.25) is 0 Å². The standard InChI is InChI=1S/C18H19NO4S/c1-24-16-6-4-13(5-7-16)12-23-18(21)14-9-17(20)19(10-14)11-15-3-2-8-22-15/h2-8,14H,9-12H2,1H3/t14-/m1/s1. The number of furan rings is 1. The normalized spacial score (nSPS) is 17.3. The van der Waals surface area contributed by atoms with Gasteiger partial charge in [-0.2, -0.15) is 0 Å². The fraction of sp³-hybridized carbons (Fsp3) is 0.333.